The first kappa shape index (κ1) is 15.4. The van der Waals surface area contributed by atoms with Crippen LogP contribution in [0.15, 0.2) is 47.4 Å². The second-order valence-corrected chi connectivity index (χ2v) is 6.82. The molecule has 0 aromatic heterocycles. The minimum absolute atomic E-state index is 0.230. The molecule has 0 fully saturated rings. The molecule has 2 rings (SSSR count). The molecule has 0 heterocycles. The summed E-state index contributed by atoms with van der Waals surface area (Å²) < 4.78 is 27.1. The van der Waals surface area contributed by atoms with Crippen LogP contribution in [0.3, 0.4) is 0 Å². The summed E-state index contributed by atoms with van der Waals surface area (Å²) in [7, 11) is -3.61. The van der Waals surface area contributed by atoms with Gasteiger partial charge in [-0.25, -0.2) is 8.42 Å². The van der Waals surface area contributed by atoms with Crippen LogP contribution >= 0.6 is 0 Å². The standard InChI is InChI=1S/C16H20N2O2S/c1-4-18(14-8-6-5-7-9-14)21(19,20)15-10-12(2)13(3)16(17)11-15/h5-11H,4,17H2,1-3H3. The van der Waals surface area contributed by atoms with E-state index < -0.39 is 10.0 Å². The molecule has 0 aliphatic carbocycles. The summed E-state index contributed by atoms with van der Waals surface area (Å²) >= 11 is 0. The number of sulfonamides is 1. The monoisotopic (exact) mass is 304 g/mol. The van der Waals surface area contributed by atoms with Gasteiger partial charge < -0.3 is 5.73 Å². The second-order valence-electron chi connectivity index (χ2n) is 4.96. The summed E-state index contributed by atoms with van der Waals surface area (Å²) in [6.07, 6.45) is 0. The highest BCUT2D eigenvalue weighted by molar-refractivity contribution is 7.92. The molecule has 0 saturated heterocycles. The fourth-order valence-corrected chi connectivity index (χ4v) is 3.81. The van der Waals surface area contributed by atoms with Crippen molar-refractivity contribution in [3.8, 4) is 0 Å². The van der Waals surface area contributed by atoms with Crippen molar-refractivity contribution in [1.82, 2.24) is 0 Å². The van der Waals surface area contributed by atoms with Crippen LogP contribution in [0.2, 0.25) is 0 Å². The van der Waals surface area contributed by atoms with Crippen molar-refractivity contribution in [2.24, 2.45) is 0 Å². The van der Waals surface area contributed by atoms with Gasteiger partial charge in [-0.05, 0) is 56.2 Å². The molecule has 4 nitrogen and oxygen atoms in total. The number of hydrogen-bond donors (Lipinski definition) is 1. The van der Waals surface area contributed by atoms with Crippen molar-refractivity contribution in [3.63, 3.8) is 0 Å². The number of hydrogen-bond acceptors (Lipinski definition) is 3. The van der Waals surface area contributed by atoms with Gasteiger partial charge in [-0.1, -0.05) is 18.2 Å². The maximum absolute atomic E-state index is 12.8. The number of nitrogen functional groups attached to an aromatic ring is 1. The van der Waals surface area contributed by atoms with Gasteiger partial charge in [-0.2, -0.15) is 0 Å². The molecule has 0 unspecified atom stereocenters. The van der Waals surface area contributed by atoms with Crippen molar-refractivity contribution in [3.05, 3.63) is 53.6 Å². The summed E-state index contributed by atoms with van der Waals surface area (Å²) in [4.78, 5) is 0.230. The number of para-hydroxylation sites is 1. The van der Waals surface area contributed by atoms with E-state index in [1.807, 2.05) is 39.0 Å². The van der Waals surface area contributed by atoms with Crippen LogP contribution in [-0.2, 0) is 10.0 Å². The SMILES string of the molecule is CCN(c1ccccc1)S(=O)(=O)c1cc(C)c(C)c(N)c1. The lowest BCUT2D eigenvalue weighted by Gasteiger charge is -2.23. The average molecular weight is 304 g/mol. The van der Waals surface area contributed by atoms with Crippen LogP contribution in [0.25, 0.3) is 0 Å². The average Bonchev–Trinajstić information content (AvgIpc) is 2.45. The van der Waals surface area contributed by atoms with E-state index in [1.165, 1.54) is 10.4 Å². The van der Waals surface area contributed by atoms with Gasteiger partial charge in [-0.3, -0.25) is 4.31 Å². The van der Waals surface area contributed by atoms with E-state index in [0.29, 0.717) is 17.9 Å². The second kappa shape index (κ2) is 5.77. The summed E-state index contributed by atoms with van der Waals surface area (Å²) in [6, 6.07) is 12.3. The van der Waals surface area contributed by atoms with Crippen molar-refractivity contribution in [2.45, 2.75) is 25.7 Å². The number of aryl methyl sites for hydroxylation is 1. The van der Waals surface area contributed by atoms with Crippen molar-refractivity contribution in [1.29, 1.82) is 0 Å². The molecule has 21 heavy (non-hydrogen) atoms. The van der Waals surface area contributed by atoms with Crippen LogP contribution in [-0.4, -0.2) is 15.0 Å². The lowest BCUT2D eigenvalue weighted by Crippen LogP contribution is -2.30. The Hall–Kier alpha value is -2.01. The number of nitrogens with two attached hydrogens (primary N) is 1. The molecule has 2 N–H and O–H groups in total. The Bertz CT molecular complexity index is 717. The van der Waals surface area contributed by atoms with E-state index in [1.54, 1.807) is 18.2 Å². The van der Waals surface area contributed by atoms with Gasteiger partial charge in [0.25, 0.3) is 10.0 Å². The van der Waals surface area contributed by atoms with Crippen LogP contribution in [0.5, 0.6) is 0 Å². The predicted molar refractivity (Wildman–Crippen MR) is 87.0 cm³/mol. The Balaban J connectivity index is 2.55. The van der Waals surface area contributed by atoms with Crippen molar-refractivity contribution in [2.75, 3.05) is 16.6 Å². The molecular weight excluding hydrogens is 284 g/mol. The molecule has 0 saturated carbocycles. The zero-order valence-corrected chi connectivity index (χ0v) is 13.3. The van der Waals surface area contributed by atoms with E-state index in [9.17, 15) is 8.42 Å². The fraction of sp³-hybridized carbons (Fsp3) is 0.250. The molecule has 0 aliphatic heterocycles. The third-order valence-electron chi connectivity index (χ3n) is 3.60. The minimum Gasteiger partial charge on any atom is -0.398 e. The van der Waals surface area contributed by atoms with Crippen LogP contribution in [0.4, 0.5) is 11.4 Å². The van der Waals surface area contributed by atoms with E-state index >= 15 is 0 Å². The Morgan fingerprint density at radius 1 is 1.10 bits per heavy atom. The zero-order valence-electron chi connectivity index (χ0n) is 12.5. The van der Waals surface area contributed by atoms with Crippen LogP contribution in [0.1, 0.15) is 18.1 Å². The van der Waals surface area contributed by atoms with Gasteiger partial charge in [0.15, 0.2) is 0 Å². The molecule has 2 aromatic rings. The maximum atomic E-state index is 12.8. The molecule has 0 radical (unpaired) electrons. The largest absolute Gasteiger partial charge is 0.398 e. The van der Waals surface area contributed by atoms with Crippen molar-refractivity contribution < 1.29 is 8.42 Å². The number of nitrogens with zero attached hydrogens (tertiary/aromatic N) is 1. The van der Waals surface area contributed by atoms with Gasteiger partial charge in [-0.15, -0.1) is 0 Å². The molecular formula is C16H20N2O2S. The molecule has 0 amide bonds. The maximum Gasteiger partial charge on any atom is 0.264 e. The van der Waals surface area contributed by atoms with Gasteiger partial charge in [0.05, 0.1) is 10.6 Å². The number of benzene rings is 2. The minimum atomic E-state index is -3.61. The lowest BCUT2D eigenvalue weighted by molar-refractivity contribution is 0.592. The molecule has 0 atom stereocenters. The summed E-state index contributed by atoms with van der Waals surface area (Å²) in [5.74, 6) is 0. The van der Waals surface area contributed by atoms with Gasteiger partial charge >= 0.3 is 0 Å². The molecule has 0 spiro atoms. The third-order valence-corrected chi connectivity index (χ3v) is 5.48. The van der Waals surface area contributed by atoms with Crippen LogP contribution < -0.4 is 10.0 Å². The summed E-state index contributed by atoms with van der Waals surface area (Å²) in [6.45, 7) is 5.92. The van der Waals surface area contributed by atoms with Gasteiger partial charge in [0, 0.05) is 12.2 Å². The predicted octanol–water partition coefficient (Wildman–Crippen LogP) is 3.10. The normalized spacial score (nSPS) is 11.4. The lowest BCUT2D eigenvalue weighted by atomic mass is 10.1. The van der Waals surface area contributed by atoms with Crippen molar-refractivity contribution >= 4 is 21.4 Å². The topological polar surface area (TPSA) is 63.4 Å². The highest BCUT2D eigenvalue weighted by Crippen LogP contribution is 2.27. The smallest absolute Gasteiger partial charge is 0.264 e. The number of rotatable bonds is 4. The Labute approximate surface area is 126 Å². The highest BCUT2D eigenvalue weighted by atomic mass is 32.2. The van der Waals surface area contributed by atoms with E-state index in [2.05, 4.69) is 0 Å². The molecule has 5 heteroatoms. The quantitative estimate of drug-likeness (QED) is 0.883. The summed E-state index contributed by atoms with van der Waals surface area (Å²) in [5.41, 5.74) is 8.85. The fourth-order valence-electron chi connectivity index (χ4n) is 2.21. The zero-order chi connectivity index (χ0) is 15.6. The molecule has 112 valence electrons. The van der Waals surface area contributed by atoms with Gasteiger partial charge in [0.1, 0.15) is 0 Å². The third kappa shape index (κ3) is 2.88. The highest BCUT2D eigenvalue weighted by Gasteiger charge is 2.24. The Morgan fingerprint density at radius 2 is 1.71 bits per heavy atom. The summed E-state index contributed by atoms with van der Waals surface area (Å²) in [5, 5.41) is 0. The molecule has 0 bridgehead atoms. The first-order chi connectivity index (χ1) is 9.87. The van der Waals surface area contributed by atoms with E-state index in [0.717, 1.165) is 11.1 Å². The first-order valence-electron chi connectivity index (χ1n) is 6.82. The van der Waals surface area contributed by atoms with E-state index in [4.69, 9.17) is 5.73 Å². The number of anilines is 2. The Morgan fingerprint density at radius 3 is 2.24 bits per heavy atom. The Kier molecular flexibility index (Phi) is 4.23. The van der Waals surface area contributed by atoms with Crippen LogP contribution in [0, 0.1) is 13.8 Å². The molecule has 2 aromatic carbocycles. The van der Waals surface area contributed by atoms with E-state index in [-0.39, 0.29) is 4.90 Å². The van der Waals surface area contributed by atoms with Gasteiger partial charge in [0.2, 0.25) is 0 Å². The first-order valence-corrected chi connectivity index (χ1v) is 8.26. The molecule has 0 aliphatic rings.